The topological polar surface area (TPSA) is 113 Å². The first kappa shape index (κ1) is 21.9. The van der Waals surface area contributed by atoms with Gasteiger partial charge in [-0.05, 0) is 37.1 Å². The molecule has 0 aromatic heterocycles. The predicted octanol–water partition coefficient (Wildman–Crippen LogP) is 2.72. The predicted molar refractivity (Wildman–Crippen MR) is 108 cm³/mol. The number of carbonyl (C=O) groups is 3. The van der Waals surface area contributed by atoms with Crippen molar-refractivity contribution in [2.45, 2.75) is 25.4 Å². The highest BCUT2D eigenvalue weighted by Gasteiger charge is 2.49. The molecule has 2 aromatic carbocycles. The van der Waals surface area contributed by atoms with Crippen LogP contribution in [0, 0.1) is 15.9 Å². The highest BCUT2D eigenvalue weighted by molar-refractivity contribution is 6.09. The average molecular weight is 428 g/mol. The fourth-order valence-electron chi connectivity index (χ4n) is 3.40. The molecule has 162 valence electrons. The molecule has 0 spiro atoms. The summed E-state index contributed by atoms with van der Waals surface area (Å²) in [6.45, 7) is 2.67. The van der Waals surface area contributed by atoms with Crippen LogP contribution in [0.4, 0.5) is 14.9 Å². The van der Waals surface area contributed by atoms with Crippen LogP contribution in [0.1, 0.15) is 31.0 Å². The van der Waals surface area contributed by atoms with Crippen LogP contribution in [-0.2, 0) is 15.1 Å². The molecule has 1 fully saturated rings. The number of non-ortho nitro benzene ring substituents is 1. The minimum Gasteiger partial charge on any atom is -0.337 e. The molecule has 31 heavy (non-hydrogen) atoms. The van der Waals surface area contributed by atoms with Gasteiger partial charge in [0.2, 0.25) is 5.91 Å². The molecule has 2 unspecified atom stereocenters. The van der Waals surface area contributed by atoms with Gasteiger partial charge in [-0.3, -0.25) is 24.6 Å². The number of rotatable bonds is 6. The Morgan fingerprint density at radius 3 is 2.52 bits per heavy atom. The van der Waals surface area contributed by atoms with Gasteiger partial charge < -0.3 is 10.2 Å². The molecule has 10 heteroatoms. The van der Waals surface area contributed by atoms with Crippen LogP contribution in [0.25, 0.3) is 0 Å². The van der Waals surface area contributed by atoms with Gasteiger partial charge in [0.1, 0.15) is 17.9 Å². The quantitative estimate of drug-likeness (QED) is 0.432. The lowest BCUT2D eigenvalue weighted by Gasteiger charge is -2.27. The number of nitrogens with zero attached hydrogens (tertiary/aromatic N) is 3. The van der Waals surface area contributed by atoms with E-state index >= 15 is 0 Å². The lowest BCUT2D eigenvalue weighted by atomic mass is 9.92. The summed E-state index contributed by atoms with van der Waals surface area (Å²) >= 11 is 0. The zero-order chi connectivity index (χ0) is 22.9. The molecule has 1 N–H and O–H groups in total. The molecule has 0 radical (unpaired) electrons. The highest BCUT2D eigenvalue weighted by atomic mass is 19.1. The molecule has 2 atom stereocenters. The van der Waals surface area contributed by atoms with Gasteiger partial charge in [0, 0.05) is 19.2 Å². The van der Waals surface area contributed by atoms with Crippen LogP contribution in [-0.4, -0.2) is 46.2 Å². The summed E-state index contributed by atoms with van der Waals surface area (Å²) < 4.78 is 13.2. The molecule has 1 saturated heterocycles. The van der Waals surface area contributed by atoms with E-state index in [2.05, 4.69) is 5.32 Å². The highest BCUT2D eigenvalue weighted by Crippen LogP contribution is 2.29. The summed E-state index contributed by atoms with van der Waals surface area (Å²) in [4.78, 5) is 50.7. The van der Waals surface area contributed by atoms with Gasteiger partial charge in [-0.1, -0.05) is 24.3 Å². The van der Waals surface area contributed by atoms with Gasteiger partial charge in [0.05, 0.1) is 11.0 Å². The Bertz CT molecular complexity index is 1060. The van der Waals surface area contributed by atoms with E-state index in [-0.39, 0.29) is 5.69 Å². The molecule has 1 heterocycles. The van der Waals surface area contributed by atoms with E-state index in [1.165, 1.54) is 61.3 Å². The normalized spacial score (nSPS) is 19.2. The van der Waals surface area contributed by atoms with Crippen molar-refractivity contribution >= 4 is 23.5 Å². The summed E-state index contributed by atoms with van der Waals surface area (Å²) in [6.07, 6.45) is 0. The lowest BCUT2D eigenvalue weighted by Crippen LogP contribution is -2.44. The van der Waals surface area contributed by atoms with Crippen LogP contribution in [0.15, 0.2) is 48.5 Å². The Morgan fingerprint density at radius 2 is 1.90 bits per heavy atom. The zero-order valence-corrected chi connectivity index (χ0v) is 17.2. The van der Waals surface area contributed by atoms with Gasteiger partial charge in [0.25, 0.3) is 11.6 Å². The van der Waals surface area contributed by atoms with Crippen molar-refractivity contribution in [3.63, 3.8) is 0 Å². The van der Waals surface area contributed by atoms with E-state index in [9.17, 15) is 28.9 Å². The van der Waals surface area contributed by atoms with Crippen LogP contribution in [0.2, 0.25) is 0 Å². The number of nitro benzene ring substituents is 1. The van der Waals surface area contributed by atoms with Crippen molar-refractivity contribution < 1.29 is 23.7 Å². The van der Waals surface area contributed by atoms with Crippen molar-refractivity contribution in [3.05, 3.63) is 75.6 Å². The maximum absolute atomic E-state index is 13.2. The Kier molecular flexibility index (Phi) is 5.74. The van der Waals surface area contributed by atoms with E-state index < -0.39 is 46.7 Å². The minimum absolute atomic E-state index is 0.102. The van der Waals surface area contributed by atoms with Crippen molar-refractivity contribution in [3.8, 4) is 0 Å². The number of urea groups is 1. The van der Waals surface area contributed by atoms with E-state index in [4.69, 9.17) is 0 Å². The Morgan fingerprint density at radius 1 is 1.26 bits per heavy atom. The fourth-order valence-corrected chi connectivity index (χ4v) is 3.40. The Hall–Kier alpha value is -3.82. The Labute approximate surface area is 177 Å². The van der Waals surface area contributed by atoms with Crippen LogP contribution in [0.5, 0.6) is 0 Å². The van der Waals surface area contributed by atoms with Crippen molar-refractivity contribution in [2.75, 3.05) is 13.6 Å². The zero-order valence-electron chi connectivity index (χ0n) is 17.2. The number of nitrogens with one attached hydrogen (secondary N) is 1. The van der Waals surface area contributed by atoms with E-state index in [0.29, 0.717) is 11.1 Å². The van der Waals surface area contributed by atoms with Crippen LogP contribution < -0.4 is 5.32 Å². The largest absolute Gasteiger partial charge is 0.337 e. The first-order valence-electron chi connectivity index (χ1n) is 9.44. The van der Waals surface area contributed by atoms with E-state index in [1.54, 1.807) is 13.0 Å². The molecule has 9 nitrogen and oxygen atoms in total. The summed E-state index contributed by atoms with van der Waals surface area (Å²) in [7, 11) is 1.49. The molecule has 2 aromatic rings. The number of likely N-dealkylation sites (N-methyl/N-ethyl adjacent to an activating group) is 1. The first-order chi connectivity index (χ1) is 14.5. The number of hydrogen-bond donors (Lipinski definition) is 1. The van der Waals surface area contributed by atoms with Crippen LogP contribution >= 0.6 is 0 Å². The van der Waals surface area contributed by atoms with E-state index in [1.807, 2.05) is 0 Å². The second-order valence-electron chi connectivity index (χ2n) is 7.49. The van der Waals surface area contributed by atoms with Gasteiger partial charge in [0.15, 0.2) is 0 Å². The van der Waals surface area contributed by atoms with Gasteiger partial charge in [-0.15, -0.1) is 0 Å². The molecule has 1 aliphatic heterocycles. The second-order valence-corrected chi connectivity index (χ2v) is 7.49. The SMILES string of the molecule is CC(c1cccc([N+](=O)[O-])c1)N(C)C(=O)CN1C(=O)NC(C)(c2ccc(F)cc2)C1=O. The second kappa shape index (κ2) is 8.13. The summed E-state index contributed by atoms with van der Waals surface area (Å²) in [5, 5.41) is 13.6. The molecule has 1 aliphatic rings. The number of benzene rings is 2. The maximum Gasteiger partial charge on any atom is 0.325 e. The average Bonchev–Trinajstić information content (AvgIpc) is 2.96. The third-order valence-electron chi connectivity index (χ3n) is 5.53. The molecular formula is C21H21FN4O5. The number of carbonyl (C=O) groups excluding carboxylic acids is 3. The number of imide groups is 1. The lowest BCUT2D eigenvalue weighted by molar-refractivity contribution is -0.384. The molecule has 3 rings (SSSR count). The molecule has 0 aliphatic carbocycles. The molecule has 0 bridgehead atoms. The number of amides is 4. The summed E-state index contributed by atoms with van der Waals surface area (Å²) in [6, 6.07) is 9.79. The standard InChI is InChI=1S/C21H21FN4O5/c1-13(14-5-4-6-17(11-14)26(30)31)24(3)18(27)12-25-19(28)21(2,23-20(25)29)15-7-9-16(22)10-8-15/h4-11,13H,12H2,1-3H3,(H,23,29). The number of nitro groups is 1. The summed E-state index contributed by atoms with van der Waals surface area (Å²) in [5.74, 6) is -1.63. The van der Waals surface area contributed by atoms with Gasteiger partial charge in [-0.2, -0.15) is 0 Å². The smallest absolute Gasteiger partial charge is 0.325 e. The minimum atomic E-state index is -1.42. The van der Waals surface area contributed by atoms with E-state index in [0.717, 1.165) is 4.90 Å². The van der Waals surface area contributed by atoms with Crippen molar-refractivity contribution in [2.24, 2.45) is 0 Å². The van der Waals surface area contributed by atoms with Crippen molar-refractivity contribution in [1.29, 1.82) is 0 Å². The first-order valence-corrected chi connectivity index (χ1v) is 9.44. The van der Waals surface area contributed by atoms with Crippen LogP contribution in [0.3, 0.4) is 0 Å². The monoisotopic (exact) mass is 428 g/mol. The number of halogens is 1. The third kappa shape index (κ3) is 4.09. The number of hydrogen-bond acceptors (Lipinski definition) is 5. The van der Waals surface area contributed by atoms with Gasteiger partial charge in [-0.25, -0.2) is 9.18 Å². The summed E-state index contributed by atoms with van der Waals surface area (Å²) in [5.41, 5.74) is -0.594. The molecule has 4 amide bonds. The third-order valence-corrected chi connectivity index (χ3v) is 5.53. The molecule has 0 saturated carbocycles. The molecular weight excluding hydrogens is 407 g/mol. The van der Waals surface area contributed by atoms with Crippen molar-refractivity contribution in [1.82, 2.24) is 15.1 Å². The fraction of sp³-hybridized carbons (Fsp3) is 0.286. The Balaban J connectivity index is 1.75. The maximum atomic E-state index is 13.2. The van der Waals surface area contributed by atoms with Gasteiger partial charge >= 0.3 is 6.03 Å².